The first-order valence-electron chi connectivity index (χ1n) is 9.69. The SMILES string of the molecule is CCOC(=O)C1=CN(Cc2ccccc2)C2C(C1)N=NN2c1ccccc1[N+](=O)[O-]. The Morgan fingerprint density at radius 3 is 2.67 bits per heavy atom. The summed E-state index contributed by atoms with van der Waals surface area (Å²) in [5.41, 5.74) is 1.87. The average Bonchev–Trinajstić information content (AvgIpc) is 3.19. The Hall–Kier alpha value is -3.75. The van der Waals surface area contributed by atoms with Crippen molar-refractivity contribution in [1.29, 1.82) is 0 Å². The fourth-order valence-corrected chi connectivity index (χ4v) is 3.76. The first kappa shape index (κ1) is 19.6. The van der Waals surface area contributed by atoms with Gasteiger partial charge in [-0.25, -0.2) is 9.80 Å². The summed E-state index contributed by atoms with van der Waals surface area (Å²) in [7, 11) is 0. The molecule has 0 amide bonds. The monoisotopic (exact) mass is 407 g/mol. The van der Waals surface area contributed by atoms with Crippen LogP contribution in [-0.2, 0) is 16.1 Å². The lowest BCUT2D eigenvalue weighted by atomic mass is 9.99. The molecule has 2 heterocycles. The Morgan fingerprint density at radius 2 is 1.93 bits per heavy atom. The molecule has 0 N–H and O–H groups in total. The van der Waals surface area contributed by atoms with Crippen molar-refractivity contribution in [2.75, 3.05) is 11.6 Å². The van der Waals surface area contributed by atoms with Crippen molar-refractivity contribution >= 4 is 17.3 Å². The number of benzene rings is 2. The van der Waals surface area contributed by atoms with Crippen molar-refractivity contribution in [1.82, 2.24) is 4.90 Å². The molecule has 0 saturated carbocycles. The quantitative estimate of drug-likeness (QED) is 0.410. The van der Waals surface area contributed by atoms with E-state index < -0.39 is 4.92 Å². The van der Waals surface area contributed by atoms with Gasteiger partial charge in [-0.15, -0.1) is 0 Å². The van der Waals surface area contributed by atoms with Crippen LogP contribution in [-0.4, -0.2) is 34.6 Å². The first-order chi connectivity index (χ1) is 14.6. The van der Waals surface area contributed by atoms with E-state index in [2.05, 4.69) is 10.3 Å². The largest absolute Gasteiger partial charge is 0.463 e. The van der Waals surface area contributed by atoms with Crippen LogP contribution in [0.3, 0.4) is 0 Å². The normalized spacial score (nSPS) is 20.0. The zero-order valence-electron chi connectivity index (χ0n) is 16.4. The van der Waals surface area contributed by atoms with E-state index in [1.54, 1.807) is 36.3 Å². The second-order valence-electron chi connectivity index (χ2n) is 7.01. The highest BCUT2D eigenvalue weighted by Gasteiger charge is 2.43. The highest BCUT2D eigenvalue weighted by atomic mass is 16.6. The zero-order valence-corrected chi connectivity index (χ0v) is 16.4. The molecule has 2 aliphatic rings. The van der Waals surface area contributed by atoms with Crippen molar-refractivity contribution in [3.05, 3.63) is 82.0 Å². The highest BCUT2D eigenvalue weighted by Crippen LogP contribution is 2.39. The van der Waals surface area contributed by atoms with Crippen LogP contribution in [0, 0.1) is 10.1 Å². The summed E-state index contributed by atoms with van der Waals surface area (Å²) in [4.78, 5) is 25.5. The molecule has 0 bridgehead atoms. The zero-order chi connectivity index (χ0) is 21.1. The molecule has 154 valence electrons. The van der Waals surface area contributed by atoms with Gasteiger partial charge in [-0.3, -0.25) is 10.1 Å². The molecule has 2 aromatic carbocycles. The van der Waals surface area contributed by atoms with E-state index in [-0.39, 0.29) is 30.5 Å². The van der Waals surface area contributed by atoms with Gasteiger partial charge in [-0.2, -0.15) is 5.11 Å². The molecule has 2 aliphatic heterocycles. The summed E-state index contributed by atoms with van der Waals surface area (Å²) in [5.74, 6) is -0.381. The van der Waals surface area contributed by atoms with Crippen LogP contribution in [0.1, 0.15) is 18.9 Å². The van der Waals surface area contributed by atoms with E-state index in [4.69, 9.17) is 4.74 Å². The molecule has 9 nitrogen and oxygen atoms in total. The maximum Gasteiger partial charge on any atom is 0.335 e. The van der Waals surface area contributed by atoms with Gasteiger partial charge < -0.3 is 9.64 Å². The summed E-state index contributed by atoms with van der Waals surface area (Å²) in [5, 5.41) is 21.7. The molecular formula is C21H21N5O4. The molecule has 0 fully saturated rings. The van der Waals surface area contributed by atoms with E-state index in [0.717, 1.165) is 5.56 Å². The lowest BCUT2D eigenvalue weighted by Gasteiger charge is -2.38. The summed E-state index contributed by atoms with van der Waals surface area (Å²) < 4.78 is 5.18. The fraction of sp³-hybridized carbons (Fsp3) is 0.286. The number of para-hydroxylation sites is 2. The number of carbonyl (C=O) groups is 1. The molecule has 4 rings (SSSR count). The Morgan fingerprint density at radius 1 is 1.20 bits per heavy atom. The third-order valence-corrected chi connectivity index (χ3v) is 5.05. The molecule has 0 radical (unpaired) electrons. The second-order valence-corrected chi connectivity index (χ2v) is 7.01. The number of ether oxygens (including phenoxy) is 1. The summed E-state index contributed by atoms with van der Waals surface area (Å²) in [6.07, 6.45) is 1.74. The van der Waals surface area contributed by atoms with Gasteiger partial charge in [0.15, 0.2) is 0 Å². The minimum atomic E-state index is -0.428. The van der Waals surface area contributed by atoms with Gasteiger partial charge in [0.05, 0.1) is 17.1 Å². The van der Waals surface area contributed by atoms with Gasteiger partial charge in [-0.05, 0) is 18.6 Å². The van der Waals surface area contributed by atoms with Crippen LogP contribution in [0.2, 0.25) is 0 Å². The van der Waals surface area contributed by atoms with Gasteiger partial charge in [0.1, 0.15) is 17.9 Å². The maximum absolute atomic E-state index is 12.4. The number of esters is 1. The van der Waals surface area contributed by atoms with Gasteiger partial charge in [-0.1, -0.05) is 47.7 Å². The maximum atomic E-state index is 12.4. The second kappa shape index (κ2) is 8.32. The highest BCUT2D eigenvalue weighted by molar-refractivity contribution is 5.88. The van der Waals surface area contributed by atoms with Gasteiger partial charge in [0, 0.05) is 25.2 Å². The number of nitro groups is 1. The topological polar surface area (TPSA) is 101 Å². The number of hydrogen-bond acceptors (Lipinski definition) is 8. The molecule has 2 atom stereocenters. The molecule has 0 aromatic heterocycles. The number of carbonyl (C=O) groups excluding carboxylic acids is 1. The standard InChI is InChI=1S/C21H21N5O4/c1-2-30-21(27)16-12-17-20(24(14-16)13-15-8-4-3-5-9-15)25(23-22-17)18-10-6-7-11-19(18)26(28)29/h3-11,14,17,20H,2,12-13H2,1H3. The number of nitrogens with zero attached hydrogens (tertiary/aromatic N) is 5. The predicted octanol–water partition coefficient (Wildman–Crippen LogP) is 3.83. The molecule has 2 aromatic rings. The predicted molar refractivity (Wildman–Crippen MR) is 109 cm³/mol. The van der Waals surface area contributed by atoms with Crippen molar-refractivity contribution in [2.45, 2.75) is 32.1 Å². The first-order valence-corrected chi connectivity index (χ1v) is 9.69. The molecule has 0 aliphatic carbocycles. The third kappa shape index (κ3) is 3.73. The van der Waals surface area contributed by atoms with E-state index in [1.165, 1.54) is 6.07 Å². The molecule has 0 spiro atoms. The van der Waals surface area contributed by atoms with Gasteiger partial charge in [0.2, 0.25) is 0 Å². The van der Waals surface area contributed by atoms with Crippen LogP contribution < -0.4 is 5.01 Å². The van der Waals surface area contributed by atoms with Crippen LogP contribution in [0.4, 0.5) is 11.4 Å². The van der Waals surface area contributed by atoms with Crippen molar-refractivity contribution in [3.63, 3.8) is 0 Å². The van der Waals surface area contributed by atoms with Crippen LogP contribution in [0.15, 0.2) is 76.7 Å². The number of anilines is 1. The van der Waals surface area contributed by atoms with Crippen LogP contribution in [0.25, 0.3) is 0 Å². The van der Waals surface area contributed by atoms with E-state index in [9.17, 15) is 14.9 Å². The number of nitro benzene ring substituents is 1. The molecule has 2 unspecified atom stereocenters. The van der Waals surface area contributed by atoms with Gasteiger partial charge >= 0.3 is 5.97 Å². The summed E-state index contributed by atoms with van der Waals surface area (Å²) >= 11 is 0. The molecular weight excluding hydrogens is 386 g/mol. The minimum absolute atomic E-state index is 0.0445. The van der Waals surface area contributed by atoms with E-state index in [1.807, 2.05) is 35.2 Å². The Labute approximate surface area is 173 Å². The Balaban J connectivity index is 1.72. The lowest BCUT2D eigenvalue weighted by molar-refractivity contribution is -0.384. The fourth-order valence-electron chi connectivity index (χ4n) is 3.76. The minimum Gasteiger partial charge on any atom is -0.463 e. The number of fused-ring (bicyclic) bond motifs is 1. The Bertz CT molecular complexity index is 1010. The van der Waals surface area contributed by atoms with Crippen molar-refractivity contribution in [3.8, 4) is 0 Å². The average molecular weight is 407 g/mol. The molecule has 9 heteroatoms. The third-order valence-electron chi connectivity index (χ3n) is 5.05. The summed E-state index contributed by atoms with van der Waals surface area (Å²) in [6.45, 7) is 2.54. The molecule has 0 saturated heterocycles. The summed E-state index contributed by atoms with van der Waals surface area (Å²) in [6, 6.07) is 15.9. The van der Waals surface area contributed by atoms with Crippen LogP contribution in [0.5, 0.6) is 0 Å². The molecule has 30 heavy (non-hydrogen) atoms. The van der Waals surface area contributed by atoms with Gasteiger partial charge in [0.25, 0.3) is 5.69 Å². The number of rotatable bonds is 6. The lowest BCUT2D eigenvalue weighted by Crippen LogP contribution is -2.50. The van der Waals surface area contributed by atoms with Crippen molar-refractivity contribution < 1.29 is 14.5 Å². The van der Waals surface area contributed by atoms with Crippen molar-refractivity contribution in [2.24, 2.45) is 10.3 Å². The van der Waals surface area contributed by atoms with E-state index >= 15 is 0 Å². The number of hydrogen-bond donors (Lipinski definition) is 0. The van der Waals surface area contributed by atoms with E-state index in [0.29, 0.717) is 24.2 Å². The Kier molecular flexibility index (Phi) is 5.42. The van der Waals surface area contributed by atoms with Crippen LogP contribution >= 0.6 is 0 Å². The smallest absolute Gasteiger partial charge is 0.335 e.